The Morgan fingerprint density at radius 2 is 1.86 bits per heavy atom. The summed E-state index contributed by atoms with van der Waals surface area (Å²) >= 11 is 0. The molecule has 4 nitrogen and oxygen atoms in total. The second-order valence-electron chi connectivity index (χ2n) is 6.54. The Morgan fingerprint density at radius 3 is 2.43 bits per heavy atom. The number of benzene rings is 1. The summed E-state index contributed by atoms with van der Waals surface area (Å²) in [6, 6.07) is 7.60. The molecule has 0 saturated carbocycles. The summed E-state index contributed by atoms with van der Waals surface area (Å²) < 4.78 is 0. The molecule has 0 saturated heterocycles. The molecule has 0 aliphatic carbocycles. The third kappa shape index (κ3) is 5.58. The number of rotatable bonds is 6. The first-order valence-corrected chi connectivity index (χ1v) is 7.31. The van der Waals surface area contributed by atoms with E-state index >= 15 is 0 Å². The van der Waals surface area contributed by atoms with Crippen molar-refractivity contribution >= 4 is 11.9 Å². The molecule has 1 unspecified atom stereocenters. The Bertz CT molecular complexity index is 503. The Kier molecular flexibility index (Phi) is 5.94. The van der Waals surface area contributed by atoms with Gasteiger partial charge in [-0.25, -0.2) is 0 Å². The van der Waals surface area contributed by atoms with Crippen molar-refractivity contribution in [1.82, 2.24) is 5.32 Å². The molecule has 2 N–H and O–H groups in total. The van der Waals surface area contributed by atoms with Gasteiger partial charge in [-0.3, -0.25) is 9.59 Å². The maximum Gasteiger partial charge on any atom is 0.303 e. The highest BCUT2D eigenvalue weighted by molar-refractivity contribution is 5.96. The lowest BCUT2D eigenvalue weighted by atomic mass is 9.83. The van der Waals surface area contributed by atoms with Crippen LogP contribution in [-0.2, 0) is 10.2 Å². The van der Waals surface area contributed by atoms with E-state index in [-0.39, 0.29) is 23.7 Å². The van der Waals surface area contributed by atoms with Crippen molar-refractivity contribution in [3.63, 3.8) is 0 Å². The summed E-state index contributed by atoms with van der Waals surface area (Å²) in [6.45, 7) is 8.67. The molecule has 1 rings (SSSR count). The highest BCUT2D eigenvalue weighted by Gasteiger charge is 2.21. The number of amides is 1. The number of nitrogens with one attached hydrogen (secondary N) is 1. The van der Waals surface area contributed by atoms with Crippen LogP contribution in [-0.4, -0.2) is 23.5 Å². The van der Waals surface area contributed by atoms with Crippen molar-refractivity contribution in [2.24, 2.45) is 5.92 Å². The third-order valence-corrected chi connectivity index (χ3v) is 3.44. The predicted octanol–water partition coefficient (Wildman–Crippen LogP) is 3.21. The molecule has 0 fully saturated rings. The van der Waals surface area contributed by atoms with E-state index in [1.165, 1.54) is 0 Å². The van der Waals surface area contributed by atoms with Crippen LogP contribution in [0.5, 0.6) is 0 Å². The van der Waals surface area contributed by atoms with Crippen LogP contribution in [0.15, 0.2) is 24.3 Å². The maximum absolute atomic E-state index is 12.3. The van der Waals surface area contributed by atoms with Crippen LogP contribution in [0.2, 0.25) is 0 Å². The van der Waals surface area contributed by atoms with Gasteiger partial charge >= 0.3 is 5.97 Å². The largest absolute Gasteiger partial charge is 0.481 e. The molecule has 0 aliphatic heterocycles. The number of hydrogen-bond acceptors (Lipinski definition) is 2. The summed E-state index contributed by atoms with van der Waals surface area (Å²) in [5, 5.41) is 11.6. The Morgan fingerprint density at radius 1 is 1.24 bits per heavy atom. The fourth-order valence-corrected chi connectivity index (χ4v) is 2.17. The molecule has 0 spiro atoms. The van der Waals surface area contributed by atoms with Gasteiger partial charge in [0.1, 0.15) is 0 Å². The van der Waals surface area contributed by atoms with Crippen molar-refractivity contribution in [1.29, 1.82) is 0 Å². The molecule has 1 amide bonds. The number of carboxylic acids is 1. The van der Waals surface area contributed by atoms with Gasteiger partial charge in [0.15, 0.2) is 0 Å². The minimum absolute atomic E-state index is 0.0944. The number of carbonyl (C=O) groups excluding carboxylic acids is 1. The van der Waals surface area contributed by atoms with Gasteiger partial charge < -0.3 is 10.4 Å². The minimum Gasteiger partial charge on any atom is -0.481 e. The average molecular weight is 291 g/mol. The number of carboxylic acid groups (broad SMARTS) is 1. The van der Waals surface area contributed by atoms with Crippen molar-refractivity contribution < 1.29 is 14.7 Å². The first kappa shape index (κ1) is 17.2. The standard InChI is InChI=1S/C17H25NO3/c1-12(9-10-15(19)20)11-18-16(21)13-7-5-6-8-14(13)17(2,3)4/h5-8,12H,9-11H2,1-4H3,(H,18,21)(H,19,20). The predicted molar refractivity (Wildman–Crippen MR) is 83.5 cm³/mol. The second-order valence-corrected chi connectivity index (χ2v) is 6.54. The minimum atomic E-state index is -0.800. The van der Waals surface area contributed by atoms with E-state index in [0.717, 1.165) is 5.56 Å². The van der Waals surface area contributed by atoms with E-state index in [9.17, 15) is 9.59 Å². The van der Waals surface area contributed by atoms with Crippen LogP contribution < -0.4 is 5.32 Å². The lowest BCUT2D eigenvalue weighted by molar-refractivity contribution is -0.137. The first-order valence-electron chi connectivity index (χ1n) is 7.31. The molecular formula is C17H25NO3. The van der Waals surface area contributed by atoms with Gasteiger partial charge in [-0.05, 0) is 29.4 Å². The van der Waals surface area contributed by atoms with E-state index in [0.29, 0.717) is 18.5 Å². The van der Waals surface area contributed by atoms with Crippen LogP contribution in [0.4, 0.5) is 0 Å². The molecular weight excluding hydrogens is 266 g/mol. The Balaban J connectivity index is 2.67. The van der Waals surface area contributed by atoms with Gasteiger partial charge in [0.25, 0.3) is 5.91 Å². The normalized spacial score (nSPS) is 12.8. The van der Waals surface area contributed by atoms with Crippen LogP contribution in [0, 0.1) is 5.92 Å². The maximum atomic E-state index is 12.3. The summed E-state index contributed by atoms with van der Waals surface area (Å²) in [5.74, 6) is -0.749. The molecule has 21 heavy (non-hydrogen) atoms. The van der Waals surface area contributed by atoms with Gasteiger partial charge in [0.05, 0.1) is 0 Å². The van der Waals surface area contributed by atoms with E-state index in [1.807, 2.05) is 31.2 Å². The first-order chi connectivity index (χ1) is 9.71. The zero-order chi connectivity index (χ0) is 16.0. The quantitative estimate of drug-likeness (QED) is 0.845. The van der Waals surface area contributed by atoms with Crippen LogP contribution in [0.3, 0.4) is 0 Å². The molecule has 0 bridgehead atoms. The van der Waals surface area contributed by atoms with Crippen molar-refractivity contribution in [2.45, 2.75) is 46.0 Å². The van der Waals surface area contributed by atoms with Crippen molar-refractivity contribution in [3.8, 4) is 0 Å². The lowest BCUT2D eigenvalue weighted by Gasteiger charge is -2.22. The average Bonchev–Trinajstić information content (AvgIpc) is 2.41. The van der Waals surface area contributed by atoms with Gasteiger partial charge in [-0.1, -0.05) is 45.9 Å². The number of carbonyl (C=O) groups is 2. The van der Waals surface area contributed by atoms with E-state index in [1.54, 1.807) is 0 Å². The molecule has 1 aromatic rings. The lowest BCUT2D eigenvalue weighted by Crippen LogP contribution is -2.30. The number of aliphatic carboxylic acids is 1. The van der Waals surface area contributed by atoms with Gasteiger partial charge in [-0.2, -0.15) is 0 Å². The highest BCUT2D eigenvalue weighted by Crippen LogP contribution is 2.25. The van der Waals surface area contributed by atoms with Crippen molar-refractivity contribution in [2.75, 3.05) is 6.54 Å². The fourth-order valence-electron chi connectivity index (χ4n) is 2.17. The zero-order valence-electron chi connectivity index (χ0n) is 13.3. The SMILES string of the molecule is CC(CCC(=O)O)CNC(=O)c1ccccc1C(C)(C)C. The van der Waals surface area contributed by atoms with E-state index in [2.05, 4.69) is 26.1 Å². The number of hydrogen-bond donors (Lipinski definition) is 2. The summed E-state index contributed by atoms with van der Waals surface area (Å²) in [5.41, 5.74) is 1.61. The van der Waals surface area contributed by atoms with Gasteiger partial charge in [0, 0.05) is 18.5 Å². The summed E-state index contributed by atoms with van der Waals surface area (Å²) in [4.78, 5) is 22.9. The molecule has 116 valence electrons. The summed E-state index contributed by atoms with van der Waals surface area (Å²) in [6.07, 6.45) is 0.701. The molecule has 0 radical (unpaired) electrons. The van der Waals surface area contributed by atoms with Crippen molar-refractivity contribution in [3.05, 3.63) is 35.4 Å². The monoisotopic (exact) mass is 291 g/mol. The molecule has 0 aromatic heterocycles. The molecule has 0 heterocycles. The smallest absolute Gasteiger partial charge is 0.303 e. The Hall–Kier alpha value is -1.84. The van der Waals surface area contributed by atoms with E-state index < -0.39 is 5.97 Å². The zero-order valence-corrected chi connectivity index (χ0v) is 13.3. The topological polar surface area (TPSA) is 66.4 Å². The Labute approximate surface area is 126 Å². The van der Waals surface area contributed by atoms with Crippen LogP contribution >= 0.6 is 0 Å². The summed E-state index contributed by atoms with van der Waals surface area (Å²) in [7, 11) is 0. The molecule has 4 heteroatoms. The molecule has 1 aromatic carbocycles. The van der Waals surface area contributed by atoms with Gasteiger partial charge in [0.2, 0.25) is 0 Å². The van der Waals surface area contributed by atoms with Gasteiger partial charge in [-0.15, -0.1) is 0 Å². The van der Waals surface area contributed by atoms with Crippen LogP contribution in [0.1, 0.15) is 56.5 Å². The van der Waals surface area contributed by atoms with E-state index in [4.69, 9.17) is 5.11 Å². The van der Waals surface area contributed by atoms with Crippen LogP contribution in [0.25, 0.3) is 0 Å². The third-order valence-electron chi connectivity index (χ3n) is 3.44. The highest BCUT2D eigenvalue weighted by atomic mass is 16.4. The fraction of sp³-hybridized carbons (Fsp3) is 0.529. The molecule has 0 aliphatic rings. The second kappa shape index (κ2) is 7.25. The molecule has 1 atom stereocenters.